The predicted molar refractivity (Wildman–Crippen MR) is 305 cm³/mol. The molecule has 11 aromatic carbocycles. The number of hydrogen-bond acceptors (Lipinski definition) is 4. The van der Waals surface area contributed by atoms with E-state index in [1.807, 2.05) is 34.8 Å². The van der Waals surface area contributed by atoms with E-state index in [2.05, 4.69) is 240 Å². The van der Waals surface area contributed by atoms with Crippen LogP contribution in [0.2, 0.25) is 0 Å². The highest BCUT2D eigenvalue weighted by Crippen LogP contribution is 2.47. The van der Waals surface area contributed by atoms with E-state index in [1.165, 1.54) is 90.1 Å². The Bertz CT molecular complexity index is 4400. The van der Waals surface area contributed by atoms with E-state index in [1.54, 1.807) is 0 Å². The fourth-order valence-electron chi connectivity index (χ4n) is 11.2. The van der Waals surface area contributed by atoms with Gasteiger partial charge in [-0.3, -0.25) is 0 Å². The number of para-hydroxylation sites is 4. The first-order chi connectivity index (χ1) is 35.2. The van der Waals surface area contributed by atoms with Gasteiger partial charge in [0, 0.05) is 90.2 Å². The zero-order chi connectivity index (χ0) is 46.6. The molecule has 0 fully saturated rings. The van der Waals surface area contributed by atoms with Gasteiger partial charge in [-0.15, -0.1) is 22.7 Å². The van der Waals surface area contributed by atoms with Crippen molar-refractivity contribution in [3.8, 4) is 39.1 Å². The smallest absolute Gasteiger partial charge is 0.143 e. The molecule has 0 aliphatic heterocycles. The van der Waals surface area contributed by atoms with Crippen LogP contribution in [0.4, 0.5) is 17.1 Å². The molecule has 332 valence electrons. The molecule has 0 saturated heterocycles. The summed E-state index contributed by atoms with van der Waals surface area (Å²) in [6, 6.07) is 88.4. The van der Waals surface area contributed by atoms with Crippen LogP contribution in [-0.2, 0) is 0 Å². The summed E-state index contributed by atoms with van der Waals surface area (Å²) < 4.78 is 14.2. The molecule has 0 bridgehead atoms. The summed E-state index contributed by atoms with van der Waals surface area (Å²) in [6.07, 6.45) is 0. The zero-order valence-corrected chi connectivity index (χ0v) is 39.8. The van der Waals surface area contributed by atoms with Crippen molar-refractivity contribution in [1.29, 1.82) is 0 Å². The van der Waals surface area contributed by atoms with Crippen LogP contribution < -0.4 is 4.90 Å². The Morgan fingerprint density at radius 3 is 1.52 bits per heavy atom. The van der Waals surface area contributed by atoms with E-state index in [0.29, 0.717) is 0 Å². The van der Waals surface area contributed by atoms with E-state index in [4.69, 9.17) is 4.42 Å². The van der Waals surface area contributed by atoms with Gasteiger partial charge in [0.15, 0.2) is 0 Å². The Kier molecular flexibility index (Phi) is 9.00. The van der Waals surface area contributed by atoms with Gasteiger partial charge in [-0.05, 0) is 101 Å². The lowest BCUT2D eigenvalue weighted by molar-refractivity contribution is 0.670. The van der Waals surface area contributed by atoms with Crippen LogP contribution in [0.1, 0.15) is 0 Å². The molecule has 15 aromatic rings. The quantitative estimate of drug-likeness (QED) is 0.159. The number of nitrogens with zero attached hydrogens (tertiary/aromatic N) is 2. The number of furan rings is 1. The van der Waals surface area contributed by atoms with Gasteiger partial charge in [0.1, 0.15) is 11.2 Å². The second-order valence-corrected chi connectivity index (χ2v) is 20.4. The number of aromatic nitrogens is 1. The minimum Gasteiger partial charge on any atom is -0.455 e. The van der Waals surface area contributed by atoms with Crippen molar-refractivity contribution < 1.29 is 4.42 Å². The molecule has 0 aliphatic rings. The number of benzene rings is 11. The summed E-state index contributed by atoms with van der Waals surface area (Å²) in [5.41, 5.74) is 15.8. The van der Waals surface area contributed by atoms with Gasteiger partial charge in [-0.2, -0.15) is 0 Å². The number of anilines is 3. The Morgan fingerprint density at radius 1 is 0.324 bits per heavy atom. The molecule has 15 rings (SSSR count). The molecule has 3 nitrogen and oxygen atoms in total. The lowest BCUT2D eigenvalue weighted by atomic mass is 10.00. The zero-order valence-electron chi connectivity index (χ0n) is 38.2. The Morgan fingerprint density at radius 2 is 0.831 bits per heavy atom. The lowest BCUT2D eigenvalue weighted by Crippen LogP contribution is -2.09. The maximum absolute atomic E-state index is 6.48. The molecule has 71 heavy (non-hydrogen) atoms. The van der Waals surface area contributed by atoms with E-state index in [9.17, 15) is 0 Å². The number of thiophene rings is 2. The van der Waals surface area contributed by atoms with Crippen LogP contribution in [-0.4, -0.2) is 4.57 Å². The average molecular weight is 941 g/mol. The first-order valence-corrected chi connectivity index (χ1v) is 25.7. The predicted octanol–water partition coefficient (Wildman–Crippen LogP) is 19.9. The van der Waals surface area contributed by atoms with Crippen LogP contribution in [0.25, 0.3) is 123 Å². The molecular weight excluding hydrogens is 901 g/mol. The topological polar surface area (TPSA) is 21.3 Å². The highest BCUT2D eigenvalue weighted by atomic mass is 32.1. The third kappa shape index (κ3) is 6.27. The fraction of sp³-hybridized carbons (Fsp3) is 0. The molecule has 0 saturated carbocycles. The summed E-state index contributed by atoms with van der Waals surface area (Å²) in [5, 5.41) is 10.1. The maximum Gasteiger partial charge on any atom is 0.143 e. The minimum absolute atomic E-state index is 0.904. The molecule has 0 unspecified atom stereocenters. The van der Waals surface area contributed by atoms with Crippen molar-refractivity contribution in [2.24, 2.45) is 0 Å². The Labute approximate surface area is 416 Å². The monoisotopic (exact) mass is 940 g/mol. The first kappa shape index (κ1) is 40.2. The van der Waals surface area contributed by atoms with Gasteiger partial charge in [0.05, 0.1) is 11.0 Å². The molecule has 0 radical (unpaired) electrons. The van der Waals surface area contributed by atoms with Gasteiger partial charge in [0.2, 0.25) is 0 Å². The Hall–Kier alpha value is -8.74. The normalized spacial score (nSPS) is 11.9. The molecule has 4 aromatic heterocycles. The largest absolute Gasteiger partial charge is 0.455 e. The van der Waals surface area contributed by atoms with E-state index < -0.39 is 0 Å². The summed E-state index contributed by atoms with van der Waals surface area (Å²) in [7, 11) is 0. The van der Waals surface area contributed by atoms with E-state index >= 15 is 0 Å². The summed E-state index contributed by atoms with van der Waals surface area (Å²) in [5.74, 6) is 0. The van der Waals surface area contributed by atoms with Crippen LogP contribution in [0.5, 0.6) is 0 Å². The molecule has 5 heteroatoms. The molecule has 0 atom stereocenters. The average Bonchev–Trinajstić information content (AvgIpc) is 4.21. The van der Waals surface area contributed by atoms with Crippen molar-refractivity contribution in [1.82, 2.24) is 4.57 Å². The maximum atomic E-state index is 6.48. The third-order valence-corrected chi connectivity index (χ3v) is 16.9. The molecule has 0 amide bonds. The van der Waals surface area contributed by atoms with Crippen molar-refractivity contribution >= 4 is 124 Å². The second kappa shape index (κ2) is 15.9. The van der Waals surface area contributed by atoms with Crippen molar-refractivity contribution in [2.45, 2.75) is 0 Å². The van der Waals surface area contributed by atoms with Gasteiger partial charge < -0.3 is 13.9 Å². The fourth-order valence-corrected chi connectivity index (χ4v) is 13.8. The van der Waals surface area contributed by atoms with Crippen molar-refractivity contribution in [3.05, 3.63) is 243 Å². The second-order valence-electron chi connectivity index (χ2n) is 18.3. The SMILES string of the molecule is c1ccc(-n2c3ccccc3c3c4sc5c(-c6ccc(N(c7ccc(-c8cccc9c8oc8ccccc89)cc7)c7ccc(-c8cccc9c8sc8ccccc89)cc7)cc6)cccc5c4ccc32)cc1. The molecule has 0 N–H and O–H groups in total. The summed E-state index contributed by atoms with van der Waals surface area (Å²) in [4.78, 5) is 2.37. The summed E-state index contributed by atoms with van der Waals surface area (Å²) >= 11 is 3.79. The number of hydrogen-bond donors (Lipinski definition) is 0. The highest BCUT2D eigenvalue weighted by molar-refractivity contribution is 7.27. The standard InChI is InChI=1S/C66H40N2OS2/c1-2-13-44(14-3-1)68-58-24-7-4-17-57(58)62-59(68)40-39-56-55-23-12-20-50(65(55)71-66(56)62)43-31-37-47(38-32-43)67(45-33-27-41(28-34-45)48-18-10-21-53-51-15-5-8-25-60(51)69-63(48)53)46-35-29-42(30-36-46)49-19-11-22-54-52-16-6-9-26-61(52)70-64(49)54/h1-40H. The van der Waals surface area contributed by atoms with Crippen molar-refractivity contribution in [3.63, 3.8) is 0 Å². The van der Waals surface area contributed by atoms with Gasteiger partial charge in [-0.1, -0.05) is 170 Å². The van der Waals surface area contributed by atoms with Crippen LogP contribution >= 0.6 is 22.7 Å². The Balaban J connectivity index is 0.844. The van der Waals surface area contributed by atoms with E-state index in [0.717, 1.165) is 50.1 Å². The number of fused-ring (bicyclic) bond motifs is 13. The van der Waals surface area contributed by atoms with Crippen molar-refractivity contribution in [2.75, 3.05) is 4.90 Å². The minimum atomic E-state index is 0.904. The van der Waals surface area contributed by atoms with Crippen LogP contribution in [0.3, 0.4) is 0 Å². The summed E-state index contributed by atoms with van der Waals surface area (Å²) in [6.45, 7) is 0. The molecule has 0 spiro atoms. The van der Waals surface area contributed by atoms with Crippen LogP contribution in [0, 0.1) is 0 Å². The number of rotatable bonds is 7. The van der Waals surface area contributed by atoms with E-state index in [-0.39, 0.29) is 0 Å². The van der Waals surface area contributed by atoms with Gasteiger partial charge in [-0.25, -0.2) is 0 Å². The molecular formula is C66H40N2OS2. The van der Waals surface area contributed by atoms with Crippen LogP contribution in [0.15, 0.2) is 247 Å². The van der Waals surface area contributed by atoms with Gasteiger partial charge >= 0.3 is 0 Å². The molecule has 0 aliphatic carbocycles. The molecule has 4 heterocycles. The first-order valence-electron chi connectivity index (χ1n) is 24.1. The highest BCUT2D eigenvalue weighted by Gasteiger charge is 2.21. The third-order valence-electron chi connectivity index (χ3n) is 14.4. The van der Waals surface area contributed by atoms with Gasteiger partial charge in [0.25, 0.3) is 0 Å². The lowest BCUT2D eigenvalue weighted by Gasteiger charge is -2.26.